The van der Waals surface area contributed by atoms with Gasteiger partial charge in [-0.1, -0.05) is 17.7 Å². The molecule has 2 rings (SSSR count). The van der Waals surface area contributed by atoms with Crippen LogP contribution >= 0.6 is 0 Å². The van der Waals surface area contributed by atoms with Crippen LogP contribution in [0.4, 0.5) is 5.69 Å². The number of hydrogen-bond acceptors (Lipinski definition) is 5. The summed E-state index contributed by atoms with van der Waals surface area (Å²) < 4.78 is 10.5. The Morgan fingerprint density at radius 1 is 1.06 bits per heavy atom. The molecule has 0 amide bonds. The van der Waals surface area contributed by atoms with Gasteiger partial charge in [0, 0.05) is 0 Å². The lowest BCUT2D eigenvalue weighted by atomic mass is 10.2. The van der Waals surface area contributed by atoms with Gasteiger partial charge in [-0.15, -0.1) is 0 Å². The molecule has 0 radical (unpaired) electrons. The van der Waals surface area contributed by atoms with Gasteiger partial charge in [-0.25, -0.2) is 0 Å². The molecule has 17 heavy (non-hydrogen) atoms. The molecule has 0 bridgehead atoms. The second-order valence-corrected chi connectivity index (χ2v) is 3.52. The molecule has 0 unspecified atom stereocenters. The highest BCUT2D eigenvalue weighted by molar-refractivity contribution is 5.56. The number of hydrogen-bond donors (Lipinski definition) is 1. The average molecular weight is 231 g/mol. The van der Waals surface area contributed by atoms with E-state index in [4.69, 9.17) is 15.2 Å². The van der Waals surface area contributed by atoms with Crippen molar-refractivity contribution >= 4 is 5.69 Å². The Hall–Kier alpha value is -2.30. The maximum Gasteiger partial charge on any atom is 0.249 e. The Balaban J connectivity index is 2.27. The van der Waals surface area contributed by atoms with Crippen molar-refractivity contribution < 1.29 is 9.47 Å². The van der Waals surface area contributed by atoms with Crippen LogP contribution in [0.25, 0.3) is 0 Å². The van der Waals surface area contributed by atoms with E-state index < -0.39 is 0 Å². The number of methoxy groups -OCH3 is 1. The third-order valence-corrected chi connectivity index (χ3v) is 2.24. The van der Waals surface area contributed by atoms with E-state index in [0.29, 0.717) is 17.5 Å². The summed E-state index contributed by atoms with van der Waals surface area (Å²) in [5, 5.41) is 0. The molecule has 2 aromatic rings. The molecule has 5 nitrogen and oxygen atoms in total. The van der Waals surface area contributed by atoms with E-state index in [9.17, 15) is 0 Å². The number of nitrogens with two attached hydrogens (primary N) is 1. The zero-order chi connectivity index (χ0) is 12.3. The molecule has 0 aliphatic rings. The van der Waals surface area contributed by atoms with Gasteiger partial charge < -0.3 is 15.2 Å². The highest BCUT2D eigenvalue weighted by atomic mass is 16.5. The van der Waals surface area contributed by atoms with Crippen LogP contribution in [0.1, 0.15) is 5.56 Å². The average Bonchev–Trinajstić information content (AvgIpc) is 2.35. The molecule has 0 saturated heterocycles. The smallest absolute Gasteiger partial charge is 0.249 e. The maximum absolute atomic E-state index is 5.80. The zero-order valence-electron chi connectivity index (χ0n) is 9.68. The standard InChI is InChI=1S/C12H13N3O2/c1-8-3-5-9(6-4-8)17-12-10(13)11(16-2)14-7-15-12/h3-7H,13H2,1-2H3. The molecule has 5 heteroatoms. The van der Waals surface area contributed by atoms with Gasteiger partial charge in [-0.2, -0.15) is 9.97 Å². The van der Waals surface area contributed by atoms with Gasteiger partial charge in [0.15, 0.2) is 5.69 Å². The van der Waals surface area contributed by atoms with Crippen LogP contribution in [0.5, 0.6) is 17.5 Å². The topological polar surface area (TPSA) is 70.3 Å². The molecule has 0 aliphatic carbocycles. The number of anilines is 1. The highest BCUT2D eigenvalue weighted by Crippen LogP contribution is 2.30. The summed E-state index contributed by atoms with van der Waals surface area (Å²) in [6.45, 7) is 2.01. The van der Waals surface area contributed by atoms with Crippen LogP contribution in [-0.4, -0.2) is 17.1 Å². The second kappa shape index (κ2) is 4.69. The molecule has 2 N–H and O–H groups in total. The third-order valence-electron chi connectivity index (χ3n) is 2.24. The molecule has 88 valence electrons. The molecular formula is C12H13N3O2. The summed E-state index contributed by atoms with van der Waals surface area (Å²) in [7, 11) is 1.49. The van der Waals surface area contributed by atoms with Crippen molar-refractivity contribution in [1.82, 2.24) is 9.97 Å². The van der Waals surface area contributed by atoms with Crippen LogP contribution < -0.4 is 15.2 Å². The fourth-order valence-electron chi connectivity index (χ4n) is 1.33. The minimum atomic E-state index is 0.288. The van der Waals surface area contributed by atoms with E-state index >= 15 is 0 Å². The Morgan fingerprint density at radius 3 is 2.35 bits per heavy atom. The van der Waals surface area contributed by atoms with Gasteiger partial charge in [-0.05, 0) is 19.1 Å². The lowest BCUT2D eigenvalue weighted by Crippen LogP contribution is -2.00. The van der Waals surface area contributed by atoms with E-state index in [1.54, 1.807) is 0 Å². The first-order valence-electron chi connectivity index (χ1n) is 5.09. The first-order valence-corrected chi connectivity index (χ1v) is 5.09. The molecule has 1 aromatic carbocycles. The fraction of sp³-hybridized carbons (Fsp3) is 0.167. The summed E-state index contributed by atoms with van der Waals surface area (Å²) in [5.41, 5.74) is 7.24. The monoisotopic (exact) mass is 231 g/mol. The van der Waals surface area contributed by atoms with E-state index in [2.05, 4.69) is 9.97 Å². The van der Waals surface area contributed by atoms with Gasteiger partial charge >= 0.3 is 0 Å². The van der Waals surface area contributed by atoms with Crippen LogP contribution in [0, 0.1) is 6.92 Å². The predicted octanol–water partition coefficient (Wildman–Crippen LogP) is 2.17. The van der Waals surface area contributed by atoms with Gasteiger partial charge in [0.05, 0.1) is 7.11 Å². The lowest BCUT2D eigenvalue weighted by molar-refractivity contribution is 0.391. The molecule has 0 saturated carbocycles. The zero-order valence-corrected chi connectivity index (χ0v) is 9.68. The van der Waals surface area contributed by atoms with Gasteiger partial charge in [-0.3, -0.25) is 0 Å². The number of nitrogen functional groups attached to an aromatic ring is 1. The number of aromatic nitrogens is 2. The number of nitrogens with zero attached hydrogens (tertiary/aromatic N) is 2. The Morgan fingerprint density at radius 2 is 1.71 bits per heavy atom. The summed E-state index contributed by atoms with van der Waals surface area (Å²) in [6.07, 6.45) is 1.35. The molecule has 0 fully saturated rings. The molecule has 0 atom stereocenters. The van der Waals surface area contributed by atoms with Crippen molar-refractivity contribution in [2.24, 2.45) is 0 Å². The number of rotatable bonds is 3. The van der Waals surface area contributed by atoms with Crippen LogP contribution in [0.3, 0.4) is 0 Å². The normalized spacial score (nSPS) is 10.0. The number of aryl methyl sites for hydroxylation is 1. The molecule has 1 aromatic heterocycles. The van der Waals surface area contributed by atoms with Crippen LogP contribution in [-0.2, 0) is 0 Å². The molecule has 0 spiro atoms. The SMILES string of the molecule is COc1ncnc(Oc2ccc(C)cc2)c1N. The molecule has 0 aliphatic heterocycles. The first kappa shape index (κ1) is 11.2. The summed E-state index contributed by atoms with van der Waals surface area (Å²) in [4.78, 5) is 7.84. The van der Waals surface area contributed by atoms with Crippen molar-refractivity contribution in [2.75, 3.05) is 12.8 Å². The van der Waals surface area contributed by atoms with Crippen molar-refractivity contribution in [3.63, 3.8) is 0 Å². The summed E-state index contributed by atoms with van der Waals surface area (Å²) in [5.74, 6) is 1.27. The summed E-state index contributed by atoms with van der Waals surface area (Å²) in [6, 6.07) is 7.60. The summed E-state index contributed by atoms with van der Waals surface area (Å²) >= 11 is 0. The van der Waals surface area contributed by atoms with Gasteiger partial charge in [0.2, 0.25) is 11.8 Å². The van der Waals surface area contributed by atoms with E-state index in [0.717, 1.165) is 5.56 Å². The van der Waals surface area contributed by atoms with Crippen molar-refractivity contribution in [3.05, 3.63) is 36.2 Å². The third kappa shape index (κ3) is 2.44. The van der Waals surface area contributed by atoms with Gasteiger partial charge in [0.1, 0.15) is 12.1 Å². The van der Waals surface area contributed by atoms with Crippen molar-refractivity contribution in [2.45, 2.75) is 6.92 Å². The Labute approximate surface area is 99.2 Å². The van der Waals surface area contributed by atoms with Crippen LogP contribution in [0.15, 0.2) is 30.6 Å². The van der Waals surface area contributed by atoms with E-state index in [1.807, 2.05) is 31.2 Å². The minimum absolute atomic E-state index is 0.288. The quantitative estimate of drug-likeness (QED) is 0.876. The maximum atomic E-state index is 5.80. The molecular weight excluding hydrogens is 218 g/mol. The first-order chi connectivity index (χ1) is 8.20. The minimum Gasteiger partial charge on any atom is -0.479 e. The Bertz CT molecular complexity index is 512. The van der Waals surface area contributed by atoms with E-state index in [1.165, 1.54) is 13.4 Å². The second-order valence-electron chi connectivity index (χ2n) is 3.52. The fourth-order valence-corrected chi connectivity index (χ4v) is 1.33. The lowest BCUT2D eigenvalue weighted by Gasteiger charge is -2.09. The van der Waals surface area contributed by atoms with E-state index in [-0.39, 0.29) is 5.69 Å². The number of benzene rings is 1. The molecule has 1 heterocycles. The van der Waals surface area contributed by atoms with Crippen molar-refractivity contribution in [1.29, 1.82) is 0 Å². The largest absolute Gasteiger partial charge is 0.479 e. The number of ether oxygens (including phenoxy) is 2. The van der Waals surface area contributed by atoms with Crippen LogP contribution in [0.2, 0.25) is 0 Å². The van der Waals surface area contributed by atoms with Gasteiger partial charge in [0.25, 0.3) is 0 Å². The van der Waals surface area contributed by atoms with Crippen molar-refractivity contribution in [3.8, 4) is 17.5 Å². The Kier molecular flexibility index (Phi) is 3.09. The predicted molar refractivity (Wildman–Crippen MR) is 64.2 cm³/mol. The highest BCUT2D eigenvalue weighted by Gasteiger charge is 2.10.